The second kappa shape index (κ2) is 7.25. The van der Waals surface area contributed by atoms with E-state index in [1.54, 1.807) is 0 Å². The summed E-state index contributed by atoms with van der Waals surface area (Å²) in [6.07, 6.45) is 1.15. The second-order valence-electron chi connectivity index (χ2n) is 4.01. The molecule has 4 heteroatoms. The zero-order chi connectivity index (χ0) is 12.7. The third kappa shape index (κ3) is 4.71. The number of nitrogens with zero attached hydrogens (tertiary/aromatic N) is 1. The predicted molar refractivity (Wildman–Crippen MR) is 75.6 cm³/mol. The van der Waals surface area contributed by atoms with Crippen molar-refractivity contribution >= 4 is 17.2 Å². The average molecular weight is 252 g/mol. The number of likely N-dealkylation sites (N-methyl/N-ethyl adjacent to an activating group) is 1. The van der Waals surface area contributed by atoms with Crippen LogP contribution in [0.4, 0.5) is 0 Å². The van der Waals surface area contributed by atoms with Crippen LogP contribution >= 0.6 is 12.2 Å². The lowest BCUT2D eigenvalue weighted by molar-refractivity contribution is 0.237. The van der Waals surface area contributed by atoms with Crippen LogP contribution in [0.25, 0.3) is 0 Å². The third-order valence-electron chi connectivity index (χ3n) is 2.49. The highest BCUT2D eigenvalue weighted by Crippen LogP contribution is 2.17. The monoisotopic (exact) mass is 252 g/mol. The van der Waals surface area contributed by atoms with Crippen molar-refractivity contribution in [3.05, 3.63) is 29.8 Å². The lowest BCUT2D eigenvalue weighted by atomic mass is 10.2. The van der Waals surface area contributed by atoms with E-state index in [1.807, 2.05) is 24.3 Å². The Morgan fingerprint density at radius 3 is 2.71 bits per heavy atom. The van der Waals surface area contributed by atoms with E-state index in [1.165, 1.54) is 0 Å². The van der Waals surface area contributed by atoms with Crippen molar-refractivity contribution in [2.45, 2.75) is 13.3 Å². The van der Waals surface area contributed by atoms with Gasteiger partial charge in [0.15, 0.2) is 0 Å². The van der Waals surface area contributed by atoms with E-state index in [9.17, 15) is 0 Å². The van der Waals surface area contributed by atoms with Crippen LogP contribution in [0.1, 0.15) is 18.9 Å². The molecule has 0 saturated heterocycles. The summed E-state index contributed by atoms with van der Waals surface area (Å²) in [5.41, 5.74) is 6.44. The molecule has 0 spiro atoms. The molecular weight excluding hydrogens is 232 g/mol. The van der Waals surface area contributed by atoms with Crippen LogP contribution in [0.3, 0.4) is 0 Å². The maximum absolute atomic E-state index is 5.71. The Morgan fingerprint density at radius 1 is 1.35 bits per heavy atom. The molecule has 0 bridgehead atoms. The van der Waals surface area contributed by atoms with Crippen molar-refractivity contribution in [2.75, 3.05) is 26.7 Å². The van der Waals surface area contributed by atoms with E-state index >= 15 is 0 Å². The van der Waals surface area contributed by atoms with Gasteiger partial charge in [-0.05, 0) is 32.1 Å². The molecule has 0 fully saturated rings. The molecular formula is C13H20N2OS. The zero-order valence-corrected chi connectivity index (χ0v) is 11.3. The number of benzene rings is 1. The fourth-order valence-corrected chi connectivity index (χ4v) is 1.77. The molecule has 0 aromatic heterocycles. The highest BCUT2D eigenvalue weighted by atomic mass is 32.1. The van der Waals surface area contributed by atoms with Gasteiger partial charge in [0.05, 0.1) is 5.56 Å². The fourth-order valence-electron chi connectivity index (χ4n) is 1.60. The van der Waals surface area contributed by atoms with Crippen molar-refractivity contribution in [1.82, 2.24) is 4.90 Å². The second-order valence-corrected chi connectivity index (χ2v) is 4.45. The van der Waals surface area contributed by atoms with Gasteiger partial charge in [0.1, 0.15) is 17.3 Å². The Hall–Kier alpha value is -1.13. The lowest BCUT2D eigenvalue weighted by Gasteiger charge is -2.16. The van der Waals surface area contributed by atoms with Gasteiger partial charge in [0, 0.05) is 6.54 Å². The fraction of sp³-hybridized carbons (Fsp3) is 0.462. The van der Waals surface area contributed by atoms with Gasteiger partial charge >= 0.3 is 0 Å². The first-order valence-electron chi connectivity index (χ1n) is 5.85. The van der Waals surface area contributed by atoms with Gasteiger partial charge in [-0.15, -0.1) is 0 Å². The van der Waals surface area contributed by atoms with E-state index in [2.05, 4.69) is 18.9 Å². The Bertz CT molecular complexity index is 368. The Kier molecular flexibility index (Phi) is 5.94. The molecule has 0 aliphatic heterocycles. The molecule has 1 aromatic rings. The van der Waals surface area contributed by atoms with Gasteiger partial charge < -0.3 is 15.4 Å². The van der Waals surface area contributed by atoms with Crippen molar-refractivity contribution in [1.29, 1.82) is 0 Å². The Balaban J connectivity index is 2.49. The summed E-state index contributed by atoms with van der Waals surface area (Å²) in [6.45, 7) is 4.80. The normalized spacial score (nSPS) is 10.5. The van der Waals surface area contributed by atoms with Gasteiger partial charge in [-0.25, -0.2) is 0 Å². The van der Waals surface area contributed by atoms with Gasteiger partial charge in [-0.1, -0.05) is 31.3 Å². The molecule has 0 atom stereocenters. The summed E-state index contributed by atoms with van der Waals surface area (Å²) >= 11 is 4.98. The summed E-state index contributed by atoms with van der Waals surface area (Å²) in [7, 11) is 2.09. The Morgan fingerprint density at radius 2 is 2.06 bits per heavy atom. The largest absolute Gasteiger partial charge is 0.492 e. The van der Waals surface area contributed by atoms with Crippen LogP contribution in [-0.2, 0) is 0 Å². The predicted octanol–water partition coefficient (Wildman–Crippen LogP) is 2.04. The van der Waals surface area contributed by atoms with Crippen molar-refractivity contribution in [3.8, 4) is 5.75 Å². The molecule has 94 valence electrons. The Labute approximate surface area is 109 Å². The smallest absolute Gasteiger partial charge is 0.129 e. The van der Waals surface area contributed by atoms with Crippen LogP contribution in [0.15, 0.2) is 24.3 Å². The van der Waals surface area contributed by atoms with E-state index in [0.717, 1.165) is 30.8 Å². The quantitative estimate of drug-likeness (QED) is 0.754. The number of nitrogens with two attached hydrogens (primary N) is 1. The van der Waals surface area contributed by atoms with Crippen LogP contribution < -0.4 is 10.5 Å². The number of thiocarbonyl (C=S) groups is 1. The summed E-state index contributed by atoms with van der Waals surface area (Å²) in [4.78, 5) is 2.62. The first-order valence-corrected chi connectivity index (χ1v) is 6.26. The number of ether oxygens (including phenoxy) is 1. The van der Waals surface area contributed by atoms with Crippen LogP contribution in [0.5, 0.6) is 5.75 Å². The van der Waals surface area contributed by atoms with E-state index in [0.29, 0.717) is 11.6 Å². The van der Waals surface area contributed by atoms with Crippen molar-refractivity contribution in [2.24, 2.45) is 5.73 Å². The lowest BCUT2D eigenvalue weighted by Crippen LogP contribution is -2.25. The van der Waals surface area contributed by atoms with E-state index in [4.69, 9.17) is 22.7 Å². The molecule has 17 heavy (non-hydrogen) atoms. The van der Waals surface area contributed by atoms with E-state index in [-0.39, 0.29) is 0 Å². The molecule has 2 N–H and O–H groups in total. The number of hydrogen-bond acceptors (Lipinski definition) is 3. The van der Waals surface area contributed by atoms with Gasteiger partial charge in [0.25, 0.3) is 0 Å². The van der Waals surface area contributed by atoms with Gasteiger partial charge in [-0.3, -0.25) is 0 Å². The number of hydrogen-bond donors (Lipinski definition) is 1. The highest BCUT2D eigenvalue weighted by molar-refractivity contribution is 7.80. The highest BCUT2D eigenvalue weighted by Gasteiger charge is 2.05. The number of rotatable bonds is 7. The molecule has 0 aliphatic carbocycles. The molecule has 0 unspecified atom stereocenters. The molecule has 0 amide bonds. The summed E-state index contributed by atoms with van der Waals surface area (Å²) < 4.78 is 5.71. The van der Waals surface area contributed by atoms with Crippen molar-refractivity contribution in [3.63, 3.8) is 0 Å². The van der Waals surface area contributed by atoms with Crippen LogP contribution in [0.2, 0.25) is 0 Å². The number of para-hydroxylation sites is 1. The standard InChI is InChI=1S/C13H20N2OS/c1-3-8-15(2)9-10-16-12-7-5-4-6-11(12)13(14)17/h4-7H,3,8-10H2,1-2H3,(H2,14,17). The third-order valence-corrected chi connectivity index (χ3v) is 2.71. The summed E-state index contributed by atoms with van der Waals surface area (Å²) in [6, 6.07) is 7.61. The first kappa shape index (κ1) is 13.9. The zero-order valence-electron chi connectivity index (χ0n) is 10.5. The molecule has 3 nitrogen and oxygen atoms in total. The van der Waals surface area contributed by atoms with E-state index < -0.39 is 0 Å². The summed E-state index contributed by atoms with van der Waals surface area (Å²) in [5, 5.41) is 0. The topological polar surface area (TPSA) is 38.5 Å². The van der Waals surface area contributed by atoms with Gasteiger partial charge in [-0.2, -0.15) is 0 Å². The first-order chi connectivity index (χ1) is 8.15. The molecule has 1 aromatic carbocycles. The minimum atomic E-state index is 0.377. The van der Waals surface area contributed by atoms with Crippen LogP contribution in [0, 0.1) is 0 Å². The molecule has 0 radical (unpaired) electrons. The summed E-state index contributed by atoms with van der Waals surface area (Å²) in [5.74, 6) is 0.768. The van der Waals surface area contributed by atoms with Crippen LogP contribution in [-0.4, -0.2) is 36.6 Å². The maximum atomic E-state index is 5.71. The molecule has 1 rings (SSSR count). The molecule has 0 heterocycles. The average Bonchev–Trinajstić information content (AvgIpc) is 2.30. The molecule has 0 saturated carbocycles. The van der Waals surface area contributed by atoms with Crippen molar-refractivity contribution < 1.29 is 4.74 Å². The minimum absolute atomic E-state index is 0.377. The SMILES string of the molecule is CCCN(C)CCOc1ccccc1C(N)=S. The van der Waals surface area contributed by atoms with Gasteiger partial charge in [0.2, 0.25) is 0 Å². The molecule has 0 aliphatic rings. The maximum Gasteiger partial charge on any atom is 0.129 e. The minimum Gasteiger partial charge on any atom is -0.492 e.